The van der Waals surface area contributed by atoms with Crippen LogP contribution in [0.4, 0.5) is 0 Å². The van der Waals surface area contributed by atoms with Crippen LogP contribution in [0.3, 0.4) is 0 Å². The van der Waals surface area contributed by atoms with Gasteiger partial charge in [-0.05, 0) is 17.7 Å². The monoisotopic (exact) mass is 237 g/mol. The molecule has 0 aliphatic heterocycles. The van der Waals surface area contributed by atoms with Gasteiger partial charge < -0.3 is 5.41 Å². The summed E-state index contributed by atoms with van der Waals surface area (Å²) in [6.45, 7) is 0. The quantitative estimate of drug-likeness (QED) is 0.791. The van der Waals surface area contributed by atoms with Crippen molar-refractivity contribution in [2.24, 2.45) is 0 Å². The van der Waals surface area contributed by atoms with E-state index in [-0.39, 0.29) is 11.6 Å². The number of benzene rings is 1. The largest absolute Gasteiger partial charge is 0.304 e. The number of aromatic nitrogens is 1. The van der Waals surface area contributed by atoms with Gasteiger partial charge in [-0.25, -0.2) is 4.98 Å². The second-order valence-corrected chi connectivity index (χ2v) is 4.44. The summed E-state index contributed by atoms with van der Waals surface area (Å²) in [5.41, 5.74) is 3.89. The summed E-state index contributed by atoms with van der Waals surface area (Å²) in [6.07, 6.45) is 0.186. The van der Waals surface area contributed by atoms with Gasteiger partial charge in [0, 0.05) is 12.1 Å². The van der Waals surface area contributed by atoms with E-state index in [1.54, 1.807) is 16.8 Å². The van der Waals surface area contributed by atoms with E-state index in [4.69, 9.17) is 22.4 Å². The number of thiazole rings is 1. The molecule has 0 bridgehead atoms. The van der Waals surface area contributed by atoms with E-state index in [2.05, 4.69) is 4.98 Å². The van der Waals surface area contributed by atoms with Gasteiger partial charge in [0.2, 0.25) is 0 Å². The van der Waals surface area contributed by atoms with Gasteiger partial charge in [0.15, 0.2) is 0 Å². The van der Waals surface area contributed by atoms with Crippen LogP contribution in [0.1, 0.15) is 12.0 Å². The van der Waals surface area contributed by atoms with Crippen molar-refractivity contribution in [2.45, 2.75) is 6.42 Å². The summed E-state index contributed by atoms with van der Waals surface area (Å²) in [5.74, 6) is 0. The predicted octanol–water partition coefficient (Wildman–Crippen LogP) is 3.27. The molecule has 0 aliphatic rings. The molecule has 76 valence electrons. The summed E-state index contributed by atoms with van der Waals surface area (Å²) in [7, 11) is 0. The number of hydrogen-bond donors (Lipinski definition) is 2. The Kier molecular flexibility index (Phi) is 2.79. The number of nitrogens with zero attached hydrogens (tertiary/aromatic N) is 1. The van der Waals surface area contributed by atoms with Crippen molar-refractivity contribution >= 4 is 44.0 Å². The van der Waals surface area contributed by atoms with E-state index >= 15 is 0 Å². The highest BCUT2D eigenvalue weighted by atomic mass is 35.5. The molecule has 0 radical (unpaired) electrons. The Labute approximate surface area is 95.7 Å². The first-order valence-corrected chi connectivity index (χ1v) is 5.56. The highest BCUT2D eigenvalue weighted by Crippen LogP contribution is 2.19. The van der Waals surface area contributed by atoms with Crippen molar-refractivity contribution in [1.82, 2.24) is 4.98 Å². The molecule has 1 aromatic heterocycles. The normalized spacial score (nSPS) is 10.5. The Bertz CT molecular complexity index is 532. The Hall–Kier alpha value is -1.26. The Morgan fingerprint density at radius 2 is 2.20 bits per heavy atom. The van der Waals surface area contributed by atoms with E-state index in [1.807, 2.05) is 18.2 Å². The average molecular weight is 238 g/mol. The molecule has 5 heteroatoms. The molecule has 0 amide bonds. The molecule has 2 aromatic rings. The van der Waals surface area contributed by atoms with Gasteiger partial charge in [-0.3, -0.25) is 5.41 Å². The van der Waals surface area contributed by atoms with E-state index in [9.17, 15) is 0 Å². The first kappa shape index (κ1) is 10.3. The van der Waals surface area contributed by atoms with Crippen LogP contribution in [-0.2, 0) is 0 Å². The van der Waals surface area contributed by atoms with Gasteiger partial charge in [-0.1, -0.05) is 17.7 Å². The fourth-order valence-electron chi connectivity index (χ4n) is 1.30. The minimum atomic E-state index is -0.00981. The Balaban J connectivity index is 2.35. The molecule has 1 aromatic carbocycles. The van der Waals surface area contributed by atoms with Crippen LogP contribution in [-0.4, -0.2) is 15.9 Å². The SMILES string of the molecule is N=C(Cl)CC(=N)c1ccc2ncsc2c1. The average Bonchev–Trinajstić information content (AvgIpc) is 2.62. The van der Waals surface area contributed by atoms with Gasteiger partial charge in [-0.2, -0.15) is 0 Å². The maximum Gasteiger partial charge on any atom is 0.103 e. The molecular formula is C10H8ClN3S. The second kappa shape index (κ2) is 4.08. The standard InChI is InChI=1S/C10H8ClN3S/c11-10(13)4-7(12)6-1-2-8-9(3-6)15-5-14-8/h1-3,5,12-13H,4H2. The molecular weight excluding hydrogens is 230 g/mol. The molecule has 3 nitrogen and oxygen atoms in total. The smallest absolute Gasteiger partial charge is 0.103 e. The zero-order chi connectivity index (χ0) is 10.8. The number of halogens is 1. The lowest BCUT2D eigenvalue weighted by atomic mass is 10.1. The van der Waals surface area contributed by atoms with Crippen molar-refractivity contribution in [3.63, 3.8) is 0 Å². The molecule has 0 aliphatic carbocycles. The second-order valence-electron chi connectivity index (χ2n) is 3.10. The van der Waals surface area contributed by atoms with Crippen molar-refractivity contribution in [1.29, 1.82) is 10.8 Å². The summed E-state index contributed by atoms with van der Waals surface area (Å²) in [4.78, 5) is 4.16. The molecule has 15 heavy (non-hydrogen) atoms. The van der Waals surface area contributed by atoms with Crippen molar-refractivity contribution in [3.8, 4) is 0 Å². The van der Waals surface area contributed by atoms with Crippen LogP contribution in [0.5, 0.6) is 0 Å². The van der Waals surface area contributed by atoms with Gasteiger partial charge in [0.25, 0.3) is 0 Å². The maximum absolute atomic E-state index is 7.75. The van der Waals surface area contributed by atoms with E-state index < -0.39 is 0 Å². The van der Waals surface area contributed by atoms with Crippen molar-refractivity contribution in [3.05, 3.63) is 29.3 Å². The summed E-state index contributed by atoms with van der Waals surface area (Å²) >= 11 is 7.00. The van der Waals surface area contributed by atoms with Gasteiger partial charge >= 0.3 is 0 Å². The van der Waals surface area contributed by atoms with E-state index in [0.29, 0.717) is 5.71 Å². The molecule has 0 spiro atoms. The third-order valence-electron chi connectivity index (χ3n) is 2.01. The van der Waals surface area contributed by atoms with Gasteiger partial charge in [-0.15, -0.1) is 11.3 Å². The molecule has 0 fully saturated rings. The summed E-state index contributed by atoms with van der Waals surface area (Å²) in [6, 6.07) is 5.63. The van der Waals surface area contributed by atoms with Crippen LogP contribution < -0.4 is 0 Å². The molecule has 0 saturated carbocycles. The lowest BCUT2D eigenvalue weighted by Crippen LogP contribution is -2.02. The van der Waals surface area contributed by atoms with Crippen molar-refractivity contribution < 1.29 is 0 Å². The van der Waals surface area contributed by atoms with Crippen LogP contribution in [0, 0.1) is 10.8 Å². The minimum Gasteiger partial charge on any atom is -0.304 e. The Morgan fingerprint density at radius 3 is 2.93 bits per heavy atom. The number of hydrogen-bond acceptors (Lipinski definition) is 4. The third kappa shape index (κ3) is 2.22. The zero-order valence-corrected chi connectivity index (χ0v) is 9.32. The van der Waals surface area contributed by atoms with Crippen LogP contribution >= 0.6 is 22.9 Å². The minimum absolute atomic E-state index is 0.00981. The van der Waals surface area contributed by atoms with E-state index in [0.717, 1.165) is 15.8 Å². The first-order valence-electron chi connectivity index (χ1n) is 4.31. The predicted molar refractivity (Wildman–Crippen MR) is 64.6 cm³/mol. The first-order chi connectivity index (χ1) is 7.16. The molecule has 2 rings (SSSR count). The van der Waals surface area contributed by atoms with Gasteiger partial charge in [0.1, 0.15) is 5.17 Å². The Morgan fingerprint density at radius 1 is 1.40 bits per heavy atom. The molecule has 2 N–H and O–H groups in total. The lowest BCUT2D eigenvalue weighted by Gasteiger charge is -2.01. The number of rotatable bonds is 3. The fourth-order valence-corrected chi connectivity index (χ4v) is 2.15. The van der Waals surface area contributed by atoms with Crippen LogP contribution in [0.15, 0.2) is 23.7 Å². The number of nitrogens with one attached hydrogen (secondary N) is 2. The highest BCUT2D eigenvalue weighted by molar-refractivity contribution is 7.16. The molecule has 0 unspecified atom stereocenters. The van der Waals surface area contributed by atoms with E-state index in [1.165, 1.54) is 0 Å². The highest BCUT2D eigenvalue weighted by Gasteiger charge is 2.05. The summed E-state index contributed by atoms with van der Waals surface area (Å²) < 4.78 is 1.05. The van der Waals surface area contributed by atoms with Crippen LogP contribution in [0.2, 0.25) is 0 Å². The van der Waals surface area contributed by atoms with Crippen LogP contribution in [0.25, 0.3) is 10.2 Å². The zero-order valence-electron chi connectivity index (χ0n) is 7.75. The molecule has 0 atom stereocenters. The van der Waals surface area contributed by atoms with Crippen molar-refractivity contribution in [2.75, 3.05) is 0 Å². The number of fused-ring (bicyclic) bond motifs is 1. The lowest BCUT2D eigenvalue weighted by molar-refractivity contribution is 1.38. The molecule has 1 heterocycles. The third-order valence-corrected chi connectivity index (χ3v) is 2.94. The topological polar surface area (TPSA) is 60.6 Å². The summed E-state index contributed by atoms with van der Waals surface area (Å²) in [5, 5.41) is 14.9. The van der Waals surface area contributed by atoms with Gasteiger partial charge in [0.05, 0.1) is 15.7 Å². The fraction of sp³-hybridized carbons (Fsp3) is 0.100. The molecule has 0 saturated heterocycles. The maximum atomic E-state index is 7.75.